The summed E-state index contributed by atoms with van der Waals surface area (Å²) in [5, 5.41) is 12.6. The van der Waals surface area contributed by atoms with E-state index < -0.39 is 20.5 Å². The third-order valence-electron chi connectivity index (χ3n) is 3.99. The molecule has 0 aliphatic heterocycles. The van der Waals surface area contributed by atoms with Crippen molar-refractivity contribution in [1.29, 1.82) is 0 Å². The van der Waals surface area contributed by atoms with Crippen LogP contribution in [0.1, 0.15) is 37.6 Å². The topological polar surface area (TPSA) is 110 Å². The van der Waals surface area contributed by atoms with Gasteiger partial charge in [0.05, 0.1) is 5.69 Å². The van der Waals surface area contributed by atoms with Gasteiger partial charge in [-0.15, -0.1) is 0 Å². The van der Waals surface area contributed by atoms with Crippen molar-refractivity contribution in [2.45, 2.75) is 37.4 Å². The summed E-state index contributed by atoms with van der Waals surface area (Å²) in [7, 11) is -3.70. The summed E-state index contributed by atoms with van der Waals surface area (Å²) in [6.07, 6.45) is 7.51. The smallest absolute Gasteiger partial charge is 0.264 e. The Morgan fingerprint density at radius 1 is 1.59 bits per heavy atom. The van der Waals surface area contributed by atoms with Crippen LogP contribution in [-0.4, -0.2) is 35.7 Å². The van der Waals surface area contributed by atoms with E-state index in [0.29, 0.717) is 17.4 Å². The summed E-state index contributed by atoms with van der Waals surface area (Å²) in [6, 6.07) is 1.72. The predicted octanol–water partition coefficient (Wildman–Crippen LogP) is 1.34. The molecule has 1 fully saturated rings. The van der Waals surface area contributed by atoms with Crippen molar-refractivity contribution in [2.75, 3.05) is 6.26 Å². The highest BCUT2D eigenvalue weighted by Crippen LogP contribution is 2.31. The van der Waals surface area contributed by atoms with Gasteiger partial charge >= 0.3 is 0 Å². The van der Waals surface area contributed by atoms with E-state index in [1.807, 2.05) is 6.08 Å². The third kappa shape index (κ3) is 3.75. The summed E-state index contributed by atoms with van der Waals surface area (Å²) in [4.78, 5) is 11.7. The van der Waals surface area contributed by atoms with Gasteiger partial charge in [0.25, 0.3) is 5.91 Å². The van der Waals surface area contributed by atoms with Gasteiger partial charge in [-0.1, -0.05) is 11.2 Å². The molecule has 22 heavy (non-hydrogen) atoms. The number of nitrogens with one attached hydrogen (secondary N) is 1. The van der Waals surface area contributed by atoms with Crippen molar-refractivity contribution in [3.8, 4) is 0 Å². The van der Waals surface area contributed by atoms with Crippen LogP contribution in [-0.2, 0) is 21.1 Å². The lowest BCUT2D eigenvalue weighted by molar-refractivity contribution is -0.131. The highest BCUT2D eigenvalue weighted by Gasteiger charge is 2.43. The Morgan fingerprint density at radius 3 is 2.82 bits per heavy atom. The highest BCUT2D eigenvalue weighted by molar-refractivity contribution is 7.92. The van der Waals surface area contributed by atoms with Crippen LogP contribution in [0.15, 0.2) is 16.7 Å². The lowest BCUT2D eigenvalue weighted by Gasteiger charge is -2.24. The van der Waals surface area contributed by atoms with E-state index >= 15 is 0 Å². The van der Waals surface area contributed by atoms with Crippen LogP contribution in [0, 0.1) is 5.92 Å². The van der Waals surface area contributed by atoms with Crippen LogP contribution in [0.3, 0.4) is 0 Å². The first-order valence-electron chi connectivity index (χ1n) is 7.04. The van der Waals surface area contributed by atoms with E-state index in [9.17, 15) is 13.2 Å². The molecule has 8 heteroatoms. The second-order valence-electron chi connectivity index (χ2n) is 5.86. The number of nitrogens with zero attached hydrogens (tertiary/aromatic N) is 1. The van der Waals surface area contributed by atoms with E-state index in [2.05, 4.69) is 11.2 Å². The van der Waals surface area contributed by atoms with Crippen LogP contribution >= 0.6 is 0 Å². The fourth-order valence-corrected chi connectivity index (χ4v) is 2.85. The number of hydrogen-bond acceptors (Lipinski definition) is 6. The molecule has 1 unspecified atom stereocenters. The van der Waals surface area contributed by atoms with Crippen molar-refractivity contribution in [3.63, 3.8) is 0 Å². The summed E-state index contributed by atoms with van der Waals surface area (Å²) in [6.45, 7) is 1.28. The largest absolute Gasteiger partial charge is 0.357 e. The molecule has 2 N–H and O–H groups in total. The molecule has 1 aromatic heterocycles. The number of hydroxylamine groups is 1. The number of aromatic nitrogens is 1. The molecule has 1 saturated carbocycles. The Morgan fingerprint density at radius 2 is 2.27 bits per heavy atom. The molecular weight excluding hydrogens is 308 g/mol. The zero-order chi connectivity index (χ0) is 16.4. The van der Waals surface area contributed by atoms with E-state index in [-0.39, 0.29) is 12.8 Å². The van der Waals surface area contributed by atoms with Gasteiger partial charge in [-0.25, -0.2) is 13.9 Å². The summed E-state index contributed by atoms with van der Waals surface area (Å²) in [5.74, 6) is 0.275. The molecule has 0 bridgehead atoms. The first-order valence-corrected chi connectivity index (χ1v) is 8.93. The average molecular weight is 328 g/mol. The fourth-order valence-electron chi connectivity index (χ4n) is 2.00. The Balaban J connectivity index is 2.04. The Labute approximate surface area is 129 Å². The molecule has 0 spiro atoms. The first-order chi connectivity index (χ1) is 10.3. The number of carbonyl (C=O) groups excluding carboxylic acids is 1. The zero-order valence-electron chi connectivity index (χ0n) is 12.6. The van der Waals surface area contributed by atoms with Gasteiger partial charge in [0.2, 0.25) is 0 Å². The van der Waals surface area contributed by atoms with Crippen LogP contribution in [0.2, 0.25) is 0 Å². The number of sulfone groups is 1. The number of hydrogen-bond donors (Lipinski definition) is 2. The second-order valence-corrected chi connectivity index (χ2v) is 8.31. The van der Waals surface area contributed by atoms with E-state index in [1.165, 1.54) is 25.2 Å². The molecule has 122 valence electrons. The molecule has 0 radical (unpaired) electrons. The van der Waals surface area contributed by atoms with Gasteiger partial charge in [-0.2, -0.15) is 0 Å². The lowest BCUT2D eigenvalue weighted by Crippen LogP contribution is -2.49. The maximum Gasteiger partial charge on any atom is 0.264 e. The maximum atomic E-state index is 11.8. The number of aryl methyl sites for hydroxylation is 1. The molecule has 1 heterocycles. The fraction of sp³-hybridized carbons (Fsp3) is 0.571. The lowest BCUT2D eigenvalue weighted by atomic mass is 10.0. The van der Waals surface area contributed by atoms with Gasteiger partial charge in [0.15, 0.2) is 15.6 Å². The Hall–Kier alpha value is -1.67. The van der Waals surface area contributed by atoms with Gasteiger partial charge in [-0.05, 0) is 44.6 Å². The quantitative estimate of drug-likeness (QED) is 0.577. The maximum absolute atomic E-state index is 11.8. The number of amides is 1. The number of rotatable bonds is 7. The van der Waals surface area contributed by atoms with Crippen molar-refractivity contribution in [2.24, 2.45) is 5.92 Å². The molecule has 1 amide bonds. The zero-order valence-corrected chi connectivity index (χ0v) is 13.4. The van der Waals surface area contributed by atoms with Gasteiger partial charge in [0.1, 0.15) is 4.75 Å². The van der Waals surface area contributed by atoms with E-state index in [4.69, 9.17) is 9.73 Å². The van der Waals surface area contributed by atoms with E-state index in [0.717, 1.165) is 6.26 Å². The molecular formula is C14H20N2O5S. The third-order valence-corrected chi connectivity index (χ3v) is 6.02. The first kappa shape index (κ1) is 16.7. The highest BCUT2D eigenvalue weighted by atomic mass is 32.2. The van der Waals surface area contributed by atoms with E-state index in [1.54, 1.807) is 6.07 Å². The summed E-state index contributed by atoms with van der Waals surface area (Å²) >= 11 is 0. The molecule has 1 atom stereocenters. The molecule has 1 aliphatic carbocycles. The SMILES string of the molecule is CC(CCc1cc(C=CC2CC2)on1)(C(=O)NO)S(C)(=O)=O. The van der Waals surface area contributed by atoms with Crippen LogP contribution in [0.5, 0.6) is 0 Å². The van der Waals surface area contributed by atoms with Crippen LogP contribution in [0.25, 0.3) is 6.08 Å². The minimum absolute atomic E-state index is 0.00343. The molecule has 7 nitrogen and oxygen atoms in total. The van der Waals surface area contributed by atoms with Gasteiger partial charge < -0.3 is 4.52 Å². The van der Waals surface area contributed by atoms with Crippen molar-refractivity contribution >= 4 is 21.8 Å². The summed E-state index contributed by atoms with van der Waals surface area (Å²) in [5.41, 5.74) is 1.99. The molecule has 0 saturated heterocycles. The van der Waals surface area contributed by atoms with Crippen molar-refractivity contribution in [1.82, 2.24) is 10.6 Å². The van der Waals surface area contributed by atoms with Crippen LogP contribution in [0.4, 0.5) is 0 Å². The van der Waals surface area contributed by atoms with Crippen LogP contribution < -0.4 is 5.48 Å². The minimum atomic E-state index is -3.70. The number of allylic oxidation sites excluding steroid dienone is 1. The number of carbonyl (C=O) groups is 1. The molecule has 2 rings (SSSR count). The molecule has 1 aromatic rings. The van der Waals surface area contributed by atoms with Gasteiger partial charge in [0, 0.05) is 12.3 Å². The Bertz CT molecular complexity index is 675. The molecule has 0 aromatic carbocycles. The van der Waals surface area contributed by atoms with Crippen molar-refractivity contribution < 1.29 is 22.9 Å². The normalized spacial score (nSPS) is 18.3. The van der Waals surface area contributed by atoms with Crippen molar-refractivity contribution in [3.05, 3.63) is 23.6 Å². The standard InChI is InChI=1S/C14H20N2O5S/c1-14(13(17)15-18,22(2,19)20)8-7-11-9-12(21-16-11)6-5-10-3-4-10/h5-6,9-10,18H,3-4,7-8H2,1-2H3,(H,15,17). The molecule has 1 aliphatic rings. The second kappa shape index (κ2) is 6.21. The Kier molecular flexibility index (Phi) is 4.72. The van der Waals surface area contributed by atoms with Gasteiger partial charge in [-0.3, -0.25) is 10.0 Å². The predicted molar refractivity (Wildman–Crippen MR) is 79.8 cm³/mol. The summed E-state index contributed by atoms with van der Waals surface area (Å²) < 4.78 is 27.1. The monoisotopic (exact) mass is 328 g/mol. The minimum Gasteiger partial charge on any atom is -0.357 e. The average Bonchev–Trinajstić information content (AvgIpc) is 3.18.